The molecule has 1 saturated heterocycles. The van der Waals surface area contributed by atoms with Crippen LogP contribution in [0.25, 0.3) is 0 Å². The molecule has 1 aliphatic rings. The van der Waals surface area contributed by atoms with E-state index in [9.17, 15) is 4.79 Å². The van der Waals surface area contributed by atoms with Gasteiger partial charge in [-0.05, 0) is 19.8 Å². The third-order valence-electron chi connectivity index (χ3n) is 2.58. The lowest BCUT2D eigenvalue weighted by molar-refractivity contribution is -0.166. The van der Waals surface area contributed by atoms with Crippen molar-refractivity contribution in [2.75, 3.05) is 33.5 Å². The van der Waals surface area contributed by atoms with Crippen molar-refractivity contribution in [2.45, 2.75) is 19.8 Å². The fraction of sp³-hybridized carbons (Fsp3) is 0.900. The molecule has 0 saturated carbocycles. The SMILES string of the molecule is CCOC(=O)C1(COC)CCOCC1. The van der Waals surface area contributed by atoms with Crippen molar-refractivity contribution in [3.05, 3.63) is 0 Å². The van der Waals surface area contributed by atoms with Crippen molar-refractivity contribution in [3.63, 3.8) is 0 Å². The average molecular weight is 202 g/mol. The van der Waals surface area contributed by atoms with Gasteiger partial charge in [0.05, 0.1) is 18.6 Å². The Morgan fingerprint density at radius 3 is 2.57 bits per heavy atom. The average Bonchev–Trinajstić information content (AvgIpc) is 2.20. The predicted octanol–water partition coefficient (Wildman–Crippen LogP) is 0.993. The quantitative estimate of drug-likeness (QED) is 0.638. The highest BCUT2D eigenvalue weighted by Gasteiger charge is 2.41. The molecule has 1 aliphatic heterocycles. The zero-order valence-electron chi connectivity index (χ0n) is 8.88. The lowest BCUT2D eigenvalue weighted by Crippen LogP contribution is -2.42. The van der Waals surface area contributed by atoms with Gasteiger partial charge in [0.25, 0.3) is 0 Å². The molecule has 0 spiro atoms. The molecule has 0 aromatic carbocycles. The van der Waals surface area contributed by atoms with E-state index in [4.69, 9.17) is 14.2 Å². The highest BCUT2D eigenvalue weighted by molar-refractivity contribution is 5.77. The second kappa shape index (κ2) is 5.32. The largest absolute Gasteiger partial charge is 0.465 e. The number of ether oxygens (including phenoxy) is 3. The van der Waals surface area contributed by atoms with Gasteiger partial charge in [0.2, 0.25) is 0 Å². The molecular formula is C10H18O4. The van der Waals surface area contributed by atoms with Crippen molar-refractivity contribution in [1.82, 2.24) is 0 Å². The summed E-state index contributed by atoms with van der Waals surface area (Å²) in [6.45, 7) is 3.89. The maximum absolute atomic E-state index is 11.8. The second-order valence-electron chi connectivity index (χ2n) is 3.55. The van der Waals surface area contributed by atoms with E-state index in [1.54, 1.807) is 7.11 Å². The summed E-state index contributed by atoms with van der Waals surface area (Å²) in [4.78, 5) is 11.8. The van der Waals surface area contributed by atoms with Gasteiger partial charge in [-0.25, -0.2) is 0 Å². The number of hydrogen-bond donors (Lipinski definition) is 0. The van der Waals surface area contributed by atoms with Crippen LogP contribution >= 0.6 is 0 Å². The molecular weight excluding hydrogens is 184 g/mol. The first-order valence-corrected chi connectivity index (χ1v) is 4.99. The molecule has 1 rings (SSSR count). The summed E-state index contributed by atoms with van der Waals surface area (Å²) in [5.41, 5.74) is -0.469. The molecule has 1 heterocycles. The smallest absolute Gasteiger partial charge is 0.314 e. The standard InChI is InChI=1S/C10H18O4/c1-3-14-9(11)10(8-12-2)4-6-13-7-5-10/h3-8H2,1-2H3. The highest BCUT2D eigenvalue weighted by Crippen LogP contribution is 2.32. The molecule has 0 unspecified atom stereocenters. The van der Waals surface area contributed by atoms with Crippen LogP contribution in [0, 0.1) is 5.41 Å². The molecule has 0 atom stereocenters. The number of esters is 1. The van der Waals surface area contributed by atoms with Crippen LogP contribution in [0.4, 0.5) is 0 Å². The Kier molecular flexibility index (Phi) is 4.35. The molecule has 0 amide bonds. The molecule has 0 radical (unpaired) electrons. The van der Waals surface area contributed by atoms with Crippen LogP contribution in [0.15, 0.2) is 0 Å². The molecule has 4 nitrogen and oxygen atoms in total. The zero-order chi connectivity index (χ0) is 10.4. The van der Waals surface area contributed by atoms with Crippen molar-refractivity contribution in [3.8, 4) is 0 Å². The monoisotopic (exact) mass is 202 g/mol. The number of methoxy groups -OCH3 is 1. The minimum absolute atomic E-state index is 0.148. The molecule has 4 heteroatoms. The molecule has 82 valence electrons. The number of rotatable bonds is 4. The summed E-state index contributed by atoms with van der Waals surface area (Å²) >= 11 is 0. The van der Waals surface area contributed by atoms with Crippen LogP contribution in [0.2, 0.25) is 0 Å². The van der Waals surface area contributed by atoms with Crippen LogP contribution in [0.3, 0.4) is 0 Å². The number of carbonyl (C=O) groups excluding carboxylic acids is 1. The van der Waals surface area contributed by atoms with Crippen molar-refractivity contribution < 1.29 is 19.0 Å². The van der Waals surface area contributed by atoms with Gasteiger partial charge in [0.1, 0.15) is 0 Å². The summed E-state index contributed by atoms with van der Waals surface area (Å²) in [7, 11) is 1.61. The van der Waals surface area contributed by atoms with E-state index >= 15 is 0 Å². The molecule has 0 N–H and O–H groups in total. The van der Waals surface area contributed by atoms with Crippen molar-refractivity contribution in [1.29, 1.82) is 0 Å². The van der Waals surface area contributed by atoms with Gasteiger partial charge in [-0.3, -0.25) is 4.79 Å². The summed E-state index contributed by atoms with van der Waals surface area (Å²) < 4.78 is 15.4. The first-order valence-electron chi connectivity index (χ1n) is 4.99. The van der Waals surface area contributed by atoms with E-state index in [1.807, 2.05) is 6.92 Å². The number of hydrogen-bond acceptors (Lipinski definition) is 4. The summed E-state index contributed by atoms with van der Waals surface area (Å²) in [6, 6.07) is 0. The lowest BCUT2D eigenvalue weighted by atomic mass is 9.81. The molecule has 0 aromatic rings. The minimum Gasteiger partial charge on any atom is -0.465 e. The topological polar surface area (TPSA) is 44.8 Å². The van der Waals surface area contributed by atoms with Gasteiger partial charge in [0, 0.05) is 20.3 Å². The van der Waals surface area contributed by atoms with Crippen molar-refractivity contribution >= 4 is 5.97 Å². The van der Waals surface area contributed by atoms with Gasteiger partial charge in [0.15, 0.2) is 0 Å². The van der Waals surface area contributed by atoms with E-state index < -0.39 is 5.41 Å². The van der Waals surface area contributed by atoms with E-state index in [0.29, 0.717) is 39.3 Å². The van der Waals surface area contributed by atoms with Crippen molar-refractivity contribution in [2.24, 2.45) is 5.41 Å². The Labute approximate surface area is 84.5 Å². The van der Waals surface area contributed by atoms with Gasteiger partial charge in [-0.1, -0.05) is 0 Å². The van der Waals surface area contributed by atoms with Crippen LogP contribution in [0.5, 0.6) is 0 Å². The third-order valence-corrected chi connectivity index (χ3v) is 2.58. The molecule has 0 bridgehead atoms. The Hall–Kier alpha value is -0.610. The molecule has 0 aliphatic carbocycles. The normalized spacial score (nSPS) is 20.4. The van der Waals surface area contributed by atoms with Gasteiger partial charge < -0.3 is 14.2 Å². The van der Waals surface area contributed by atoms with Crippen LogP contribution in [0.1, 0.15) is 19.8 Å². The Balaban J connectivity index is 2.63. The third kappa shape index (κ3) is 2.45. The first-order chi connectivity index (χ1) is 6.75. The van der Waals surface area contributed by atoms with Crippen LogP contribution in [-0.2, 0) is 19.0 Å². The maximum atomic E-state index is 11.8. The Morgan fingerprint density at radius 1 is 1.43 bits per heavy atom. The summed E-state index contributed by atoms with van der Waals surface area (Å²) in [5, 5.41) is 0. The van der Waals surface area contributed by atoms with Gasteiger partial charge in [-0.2, -0.15) is 0 Å². The summed E-state index contributed by atoms with van der Waals surface area (Å²) in [6.07, 6.45) is 1.39. The second-order valence-corrected chi connectivity index (χ2v) is 3.55. The van der Waals surface area contributed by atoms with Gasteiger partial charge >= 0.3 is 5.97 Å². The zero-order valence-corrected chi connectivity index (χ0v) is 8.88. The predicted molar refractivity (Wildman–Crippen MR) is 51.0 cm³/mol. The van der Waals surface area contributed by atoms with Gasteiger partial charge in [-0.15, -0.1) is 0 Å². The van der Waals surface area contributed by atoms with E-state index in [1.165, 1.54) is 0 Å². The fourth-order valence-corrected chi connectivity index (χ4v) is 1.73. The molecule has 14 heavy (non-hydrogen) atoms. The number of carbonyl (C=O) groups is 1. The van der Waals surface area contributed by atoms with Crippen LogP contribution in [-0.4, -0.2) is 39.5 Å². The van der Waals surface area contributed by atoms with E-state index in [0.717, 1.165) is 0 Å². The molecule has 1 fully saturated rings. The lowest BCUT2D eigenvalue weighted by Gasteiger charge is -2.33. The minimum atomic E-state index is -0.469. The maximum Gasteiger partial charge on any atom is 0.314 e. The molecule has 0 aromatic heterocycles. The highest BCUT2D eigenvalue weighted by atomic mass is 16.5. The van der Waals surface area contributed by atoms with E-state index in [2.05, 4.69) is 0 Å². The summed E-state index contributed by atoms with van der Waals surface area (Å²) in [5.74, 6) is -0.148. The Bertz CT molecular complexity index is 179. The van der Waals surface area contributed by atoms with E-state index in [-0.39, 0.29) is 5.97 Å². The Morgan fingerprint density at radius 2 is 2.07 bits per heavy atom. The fourth-order valence-electron chi connectivity index (χ4n) is 1.73. The first kappa shape index (κ1) is 11.5. The van der Waals surface area contributed by atoms with Crippen LogP contribution < -0.4 is 0 Å².